The van der Waals surface area contributed by atoms with Gasteiger partial charge in [0.05, 0.1) is 23.9 Å². The predicted molar refractivity (Wildman–Crippen MR) is 86.0 cm³/mol. The van der Waals surface area contributed by atoms with E-state index in [0.717, 1.165) is 18.2 Å². The minimum Gasteiger partial charge on any atom is -0.481 e. The van der Waals surface area contributed by atoms with E-state index in [1.54, 1.807) is 25.1 Å². The third-order valence-electron chi connectivity index (χ3n) is 3.75. The van der Waals surface area contributed by atoms with E-state index in [9.17, 15) is 18.0 Å². The largest absolute Gasteiger partial charge is 0.481 e. The Kier molecular flexibility index (Phi) is 4.93. The Balaban J connectivity index is 2.34. The Morgan fingerprint density at radius 3 is 2.70 bits per heavy atom. The van der Waals surface area contributed by atoms with Crippen molar-refractivity contribution in [2.75, 3.05) is 17.5 Å². The van der Waals surface area contributed by atoms with Gasteiger partial charge in [-0.1, -0.05) is 11.6 Å². The fraction of sp³-hybridized carbons (Fsp3) is 0.467. The number of carbonyl (C=O) groups is 2. The molecule has 1 amide bonds. The van der Waals surface area contributed by atoms with Crippen molar-refractivity contribution in [1.82, 2.24) is 4.90 Å². The minimum absolute atomic E-state index is 0.105. The number of likely N-dealkylation sites (tertiary alicyclic amines) is 1. The summed E-state index contributed by atoms with van der Waals surface area (Å²) in [6.07, 6.45) is 2.29. The van der Waals surface area contributed by atoms with Crippen LogP contribution in [0, 0.1) is 6.92 Å². The lowest BCUT2D eigenvalue weighted by Crippen LogP contribution is -2.37. The highest BCUT2D eigenvalue weighted by Gasteiger charge is 2.32. The summed E-state index contributed by atoms with van der Waals surface area (Å²) in [5, 5.41) is 8.97. The molecule has 1 aromatic carbocycles. The zero-order chi connectivity index (χ0) is 17.2. The molecule has 126 valence electrons. The maximum Gasteiger partial charge on any atom is 0.305 e. The number of nitrogens with one attached hydrogen (secondary N) is 1. The predicted octanol–water partition coefficient (Wildman–Crippen LogP) is 1.45. The molecule has 1 aliphatic rings. The molecule has 7 nitrogen and oxygen atoms in total. The summed E-state index contributed by atoms with van der Waals surface area (Å²) in [6, 6.07) is 4.52. The quantitative estimate of drug-likeness (QED) is 0.844. The van der Waals surface area contributed by atoms with Gasteiger partial charge in [-0.15, -0.1) is 0 Å². The Morgan fingerprint density at radius 2 is 2.09 bits per heavy atom. The van der Waals surface area contributed by atoms with E-state index in [2.05, 4.69) is 4.72 Å². The van der Waals surface area contributed by atoms with E-state index < -0.39 is 16.0 Å². The van der Waals surface area contributed by atoms with Gasteiger partial charge >= 0.3 is 5.97 Å². The fourth-order valence-corrected chi connectivity index (χ4v) is 3.37. The highest BCUT2D eigenvalue weighted by Crippen LogP contribution is 2.26. The molecule has 1 saturated heterocycles. The summed E-state index contributed by atoms with van der Waals surface area (Å²) >= 11 is 0. The zero-order valence-electron chi connectivity index (χ0n) is 13.1. The number of amides is 1. The zero-order valence-corrected chi connectivity index (χ0v) is 13.9. The van der Waals surface area contributed by atoms with E-state index >= 15 is 0 Å². The smallest absolute Gasteiger partial charge is 0.305 e. The summed E-state index contributed by atoms with van der Waals surface area (Å²) in [5.41, 5.74) is 1.28. The van der Waals surface area contributed by atoms with Crippen molar-refractivity contribution in [3.63, 3.8) is 0 Å². The third kappa shape index (κ3) is 4.44. The highest BCUT2D eigenvalue weighted by molar-refractivity contribution is 7.92. The van der Waals surface area contributed by atoms with Crippen LogP contribution in [0.2, 0.25) is 0 Å². The lowest BCUT2D eigenvalue weighted by molar-refractivity contribution is -0.137. The number of aliphatic carboxylic acids is 1. The fourth-order valence-electron chi connectivity index (χ4n) is 2.80. The summed E-state index contributed by atoms with van der Waals surface area (Å²) in [6.45, 7) is 2.28. The topological polar surface area (TPSA) is 104 Å². The van der Waals surface area contributed by atoms with Crippen LogP contribution >= 0.6 is 0 Å². The molecule has 0 saturated carbocycles. The first-order valence-electron chi connectivity index (χ1n) is 7.28. The average molecular weight is 340 g/mol. The molecule has 2 N–H and O–H groups in total. The van der Waals surface area contributed by atoms with Crippen molar-refractivity contribution in [2.24, 2.45) is 0 Å². The van der Waals surface area contributed by atoms with Gasteiger partial charge < -0.3 is 10.0 Å². The van der Waals surface area contributed by atoms with E-state index in [4.69, 9.17) is 5.11 Å². The van der Waals surface area contributed by atoms with Crippen LogP contribution in [0.15, 0.2) is 18.2 Å². The Labute approximate surface area is 135 Å². The molecular weight excluding hydrogens is 320 g/mol. The molecule has 0 radical (unpaired) electrons. The molecule has 0 bridgehead atoms. The van der Waals surface area contributed by atoms with Crippen molar-refractivity contribution in [3.8, 4) is 0 Å². The first-order valence-corrected chi connectivity index (χ1v) is 9.18. The number of carbonyl (C=O) groups excluding carboxylic acids is 1. The van der Waals surface area contributed by atoms with Crippen LogP contribution in [0.5, 0.6) is 0 Å². The number of benzene rings is 1. The van der Waals surface area contributed by atoms with Crippen molar-refractivity contribution < 1.29 is 23.1 Å². The second-order valence-corrected chi connectivity index (χ2v) is 7.56. The van der Waals surface area contributed by atoms with E-state index in [0.29, 0.717) is 13.0 Å². The van der Waals surface area contributed by atoms with Gasteiger partial charge in [-0.25, -0.2) is 8.42 Å². The van der Waals surface area contributed by atoms with E-state index in [1.807, 2.05) is 0 Å². The van der Waals surface area contributed by atoms with Crippen LogP contribution in [0.3, 0.4) is 0 Å². The standard InChI is InChI=1S/C15H20N2O5S/c1-10-5-6-13(16-23(2,21)22)12(8-10)15(20)17-7-3-4-11(17)9-14(18)19/h5-6,8,11,16H,3-4,7,9H2,1-2H3,(H,18,19). The molecule has 1 fully saturated rings. The number of carboxylic acid groups (broad SMARTS) is 1. The van der Waals surface area contributed by atoms with Crippen molar-refractivity contribution in [1.29, 1.82) is 0 Å². The molecule has 1 aromatic rings. The van der Waals surface area contributed by atoms with Gasteiger partial charge in [0, 0.05) is 12.6 Å². The number of sulfonamides is 1. The first-order chi connectivity index (χ1) is 10.7. The van der Waals surface area contributed by atoms with Crippen LogP contribution in [0.4, 0.5) is 5.69 Å². The molecule has 1 heterocycles. The second kappa shape index (κ2) is 6.57. The maximum absolute atomic E-state index is 12.8. The van der Waals surface area contributed by atoms with Gasteiger partial charge in [0.2, 0.25) is 10.0 Å². The Hall–Kier alpha value is -2.09. The van der Waals surface area contributed by atoms with Crippen LogP contribution in [0.1, 0.15) is 35.2 Å². The number of rotatable bonds is 5. The molecule has 1 unspecified atom stereocenters. The number of hydrogen-bond acceptors (Lipinski definition) is 4. The SMILES string of the molecule is Cc1ccc(NS(C)(=O)=O)c(C(=O)N2CCCC2CC(=O)O)c1. The third-order valence-corrected chi connectivity index (χ3v) is 4.34. The lowest BCUT2D eigenvalue weighted by Gasteiger charge is -2.25. The molecule has 0 aliphatic carbocycles. The number of aryl methyl sites for hydroxylation is 1. The monoisotopic (exact) mass is 340 g/mol. The van der Waals surface area contributed by atoms with Crippen molar-refractivity contribution in [2.45, 2.75) is 32.2 Å². The molecule has 0 spiro atoms. The van der Waals surface area contributed by atoms with E-state index in [-0.39, 0.29) is 29.6 Å². The van der Waals surface area contributed by atoms with Crippen molar-refractivity contribution >= 4 is 27.6 Å². The maximum atomic E-state index is 12.8. The van der Waals surface area contributed by atoms with Gasteiger partial charge in [-0.05, 0) is 31.9 Å². The van der Waals surface area contributed by atoms with E-state index in [1.165, 1.54) is 4.90 Å². The average Bonchev–Trinajstić information content (AvgIpc) is 2.85. The summed E-state index contributed by atoms with van der Waals surface area (Å²) in [7, 11) is -3.52. The van der Waals surface area contributed by atoms with Gasteiger partial charge in [0.25, 0.3) is 5.91 Å². The lowest BCUT2D eigenvalue weighted by atomic mass is 10.1. The Bertz CT molecular complexity index is 729. The molecule has 23 heavy (non-hydrogen) atoms. The molecular formula is C15H20N2O5S. The molecule has 1 atom stereocenters. The molecule has 1 aliphatic heterocycles. The van der Waals surface area contributed by atoms with Crippen molar-refractivity contribution in [3.05, 3.63) is 29.3 Å². The summed E-state index contributed by atoms with van der Waals surface area (Å²) in [4.78, 5) is 25.3. The number of carboxylic acids is 1. The summed E-state index contributed by atoms with van der Waals surface area (Å²) in [5.74, 6) is -1.29. The number of anilines is 1. The Morgan fingerprint density at radius 1 is 1.39 bits per heavy atom. The molecule has 0 aromatic heterocycles. The minimum atomic E-state index is -3.52. The van der Waals surface area contributed by atoms with Gasteiger partial charge in [-0.2, -0.15) is 0 Å². The van der Waals surface area contributed by atoms with Gasteiger partial charge in [0.15, 0.2) is 0 Å². The van der Waals surface area contributed by atoms with Crippen LogP contribution in [0.25, 0.3) is 0 Å². The van der Waals surface area contributed by atoms with Gasteiger partial charge in [0.1, 0.15) is 0 Å². The van der Waals surface area contributed by atoms with Crippen LogP contribution in [-0.4, -0.2) is 49.1 Å². The highest BCUT2D eigenvalue weighted by atomic mass is 32.2. The van der Waals surface area contributed by atoms with Crippen LogP contribution < -0.4 is 4.72 Å². The number of hydrogen-bond donors (Lipinski definition) is 2. The normalized spacial score (nSPS) is 18.0. The number of nitrogens with zero attached hydrogens (tertiary/aromatic N) is 1. The van der Waals surface area contributed by atoms with Crippen LogP contribution in [-0.2, 0) is 14.8 Å². The molecule has 2 rings (SSSR count). The van der Waals surface area contributed by atoms with Gasteiger partial charge in [-0.3, -0.25) is 14.3 Å². The molecule has 8 heteroatoms. The first kappa shape index (κ1) is 17.3. The summed E-state index contributed by atoms with van der Waals surface area (Å²) < 4.78 is 25.3. The second-order valence-electron chi connectivity index (χ2n) is 5.82.